The molecule has 0 heterocycles. The average molecular weight is 598 g/mol. The van der Waals surface area contributed by atoms with Gasteiger partial charge in [0.1, 0.15) is 11.5 Å². The number of benzene rings is 4. The highest BCUT2D eigenvalue weighted by Gasteiger charge is 2.28. The molecular formula is C31H35NO9S. The van der Waals surface area contributed by atoms with Crippen LogP contribution in [-0.2, 0) is 10.1 Å². The van der Waals surface area contributed by atoms with Crippen LogP contribution in [0.25, 0.3) is 32.7 Å². The van der Waals surface area contributed by atoms with Crippen LogP contribution in [0.15, 0.2) is 23.2 Å². The van der Waals surface area contributed by atoms with Crippen LogP contribution in [0, 0.1) is 13.8 Å². The molecule has 0 atom stereocenters. The van der Waals surface area contributed by atoms with Crippen molar-refractivity contribution in [1.82, 2.24) is 0 Å². The van der Waals surface area contributed by atoms with E-state index in [-0.39, 0.29) is 63.1 Å². The van der Waals surface area contributed by atoms with Crippen LogP contribution in [0.1, 0.15) is 67.3 Å². The number of aliphatic imine (C=N–C) groups is 1. The van der Waals surface area contributed by atoms with Crippen LogP contribution in [0.4, 0.5) is 0 Å². The highest BCUT2D eigenvalue weighted by atomic mass is 32.2. The number of hydrogen-bond donors (Lipinski definition) is 7. The van der Waals surface area contributed by atoms with Crippen molar-refractivity contribution < 1.29 is 43.6 Å². The van der Waals surface area contributed by atoms with Crippen LogP contribution in [0.5, 0.6) is 34.5 Å². The normalized spacial score (nSPS) is 12.5. The van der Waals surface area contributed by atoms with Crippen LogP contribution in [-0.4, -0.2) is 62.1 Å². The van der Waals surface area contributed by atoms with Crippen molar-refractivity contribution in [2.45, 2.75) is 53.4 Å². The topological polar surface area (TPSA) is 188 Å². The molecule has 0 bridgehead atoms. The number of phenolic OH excluding ortho intramolecular Hbond substituents is 6. The lowest BCUT2D eigenvalue weighted by molar-refractivity contribution is 0.398. The molecule has 10 nitrogen and oxygen atoms in total. The van der Waals surface area contributed by atoms with Crippen LogP contribution < -0.4 is 0 Å². The van der Waals surface area contributed by atoms with Crippen LogP contribution in [0.2, 0.25) is 0 Å². The van der Waals surface area contributed by atoms with Gasteiger partial charge in [0.15, 0.2) is 23.0 Å². The molecule has 4 aromatic carbocycles. The largest absolute Gasteiger partial charge is 0.507 e. The Morgan fingerprint density at radius 1 is 0.714 bits per heavy atom. The molecule has 0 aromatic heterocycles. The van der Waals surface area contributed by atoms with E-state index in [9.17, 15) is 39.1 Å². The molecular weight excluding hydrogens is 562 g/mol. The number of rotatable bonds is 7. The molecule has 0 unspecified atom stereocenters. The summed E-state index contributed by atoms with van der Waals surface area (Å²) in [5.74, 6) is -3.38. The van der Waals surface area contributed by atoms with Crippen molar-refractivity contribution >= 4 is 37.9 Å². The molecule has 0 aliphatic heterocycles. The number of aryl methyl sites for hydroxylation is 2. The monoisotopic (exact) mass is 597 g/mol. The zero-order valence-corrected chi connectivity index (χ0v) is 25.0. The summed E-state index contributed by atoms with van der Waals surface area (Å²) in [5, 5.41) is 67.7. The van der Waals surface area contributed by atoms with Crippen LogP contribution >= 0.6 is 0 Å². The molecule has 0 saturated heterocycles. The average Bonchev–Trinajstić information content (AvgIpc) is 2.86. The standard InChI is InChI=1S/C31H35NO9S/c1-13(2)22-17-9-15(5)24(27(34)18(17)11-21(33)29(22)36)25-16(6)10-19-23(14(3)4)31(38)28(35)20(26(19)30(25)37)12-32-7-8-42(39,40)41/h9-14,33-38H,7-8H2,1-6H3,(H,39,40,41). The highest BCUT2D eigenvalue weighted by molar-refractivity contribution is 7.85. The van der Waals surface area contributed by atoms with Crippen molar-refractivity contribution in [2.24, 2.45) is 4.99 Å². The van der Waals surface area contributed by atoms with E-state index in [4.69, 9.17) is 4.55 Å². The second-order valence-corrected chi connectivity index (χ2v) is 12.7. The summed E-state index contributed by atoms with van der Waals surface area (Å²) >= 11 is 0. The first-order chi connectivity index (χ1) is 19.5. The molecule has 4 rings (SSSR count). The quantitative estimate of drug-likeness (QED) is 0.0754. The van der Waals surface area contributed by atoms with Gasteiger partial charge in [0.2, 0.25) is 0 Å². The summed E-state index contributed by atoms with van der Waals surface area (Å²) in [6.45, 7) is 10.4. The van der Waals surface area contributed by atoms with Crippen molar-refractivity contribution in [3.05, 3.63) is 46.0 Å². The van der Waals surface area contributed by atoms with Crippen molar-refractivity contribution in [3.8, 4) is 45.6 Å². The van der Waals surface area contributed by atoms with Gasteiger partial charge in [-0.2, -0.15) is 8.42 Å². The van der Waals surface area contributed by atoms with E-state index < -0.39 is 33.1 Å². The zero-order valence-electron chi connectivity index (χ0n) is 24.2. The maximum absolute atomic E-state index is 11.8. The van der Waals surface area contributed by atoms with Gasteiger partial charge in [-0.15, -0.1) is 0 Å². The Bertz CT molecular complexity index is 1890. The smallest absolute Gasteiger partial charge is 0.266 e. The lowest BCUT2D eigenvalue weighted by atomic mass is 9.84. The first-order valence-electron chi connectivity index (χ1n) is 13.4. The Balaban J connectivity index is 2.13. The van der Waals surface area contributed by atoms with Gasteiger partial charge >= 0.3 is 0 Å². The van der Waals surface area contributed by atoms with E-state index in [1.165, 1.54) is 6.07 Å². The minimum atomic E-state index is -4.29. The Morgan fingerprint density at radius 2 is 1.24 bits per heavy atom. The summed E-state index contributed by atoms with van der Waals surface area (Å²) in [5.41, 5.74) is 2.32. The van der Waals surface area contributed by atoms with E-state index in [0.717, 1.165) is 6.21 Å². The number of fused-ring (bicyclic) bond motifs is 2. The van der Waals surface area contributed by atoms with Gasteiger partial charge in [0.25, 0.3) is 10.1 Å². The first kappa shape index (κ1) is 30.7. The maximum atomic E-state index is 11.8. The van der Waals surface area contributed by atoms with E-state index in [1.807, 2.05) is 27.7 Å². The Kier molecular flexibility index (Phi) is 7.96. The predicted molar refractivity (Wildman–Crippen MR) is 163 cm³/mol. The summed E-state index contributed by atoms with van der Waals surface area (Å²) in [6.07, 6.45) is 1.12. The minimum absolute atomic E-state index is 0.0800. The second-order valence-electron chi connectivity index (χ2n) is 11.2. The van der Waals surface area contributed by atoms with E-state index in [0.29, 0.717) is 33.0 Å². The third-order valence-corrected chi connectivity index (χ3v) is 8.20. The number of aromatic hydroxyl groups is 6. The molecule has 0 saturated carbocycles. The number of hydrogen-bond acceptors (Lipinski definition) is 9. The lowest BCUT2D eigenvalue weighted by Crippen LogP contribution is -2.07. The Labute approximate surface area is 243 Å². The molecule has 0 spiro atoms. The molecule has 42 heavy (non-hydrogen) atoms. The van der Waals surface area contributed by atoms with Crippen molar-refractivity contribution in [2.75, 3.05) is 12.3 Å². The lowest BCUT2D eigenvalue weighted by Gasteiger charge is -2.22. The molecule has 0 radical (unpaired) electrons. The van der Waals surface area contributed by atoms with Crippen LogP contribution in [0.3, 0.4) is 0 Å². The summed E-state index contributed by atoms with van der Waals surface area (Å²) in [7, 11) is -4.29. The third kappa shape index (κ3) is 5.14. The fourth-order valence-corrected chi connectivity index (χ4v) is 6.03. The second kappa shape index (κ2) is 10.9. The molecule has 0 amide bonds. The Hall–Kier alpha value is -4.22. The zero-order chi connectivity index (χ0) is 31.4. The molecule has 11 heteroatoms. The van der Waals surface area contributed by atoms with E-state index >= 15 is 0 Å². The SMILES string of the molecule is Cc1cc2c(C(C)C)c(O)c(O)cc2c(O)c1-c1c(C)cc2c(C(C)C)c(O)c(O)c(C=NCCS(=O)(=O)O)c2c1O. The molecule has 4 aromatic rings. The van der Waals surface area contributed by atoms with Crippen molar-refractivity contribution in [1.29, 1.82) is 0 Å². The van der Waals surface area contributed by atoms with Gasteiger partial charge in [0, 0.05) is 44.8 Å². The molecule has 0 fully saturated rings. The van der Waals surface area contributed by atoms with Gasteiger partial charge in [-0.05, 0) is 53.6 Å². The highest BCUT2D eigenvalue weighted by Crippen LogP contribution is 2.53. The minimum Gasteiger partial charge on any atom is -0.507 e. The van der Waals surface area contributed by atoms with Gasteiger partial charge in [0.05, 0.1) is 12.3 Å². The summed E-state index contributed by atoms with van der Waals surface area (Å²) < 4.78 is 31.3. The van der Waals surface area contributed by atoms with Gasteiger partial charge in [-0.3, -0.25) is 9.55 Å². The van der Waals surface area contributed by atoms with Gasteiger partial charge in [-0.25, -0.2) is 0 Å². The number of nitrogens with zero attached hydrogens (tertiary/aromatic N) is 1. The third-order valence-electron chi connectivity index (χ3n) is 7.50. The predicted octanol–water partition coefficient (Wildman–Crippen LogP) is 6.06. The molecule has 0 aliphatic rings. The fraction of sp³-hybridized carbons (Fsp3) is 0.323. The van der Waals surface area contributed by atoms with Crippen molar-refractivity contribution in [3.63, 3.8) is 0 Å². The summed E-state index contributed by atoms with van der Waals surface area (Å²) in [4.78, 5) is 3.99. The van der Waals surface area contributed by atoms with E-state index in [1.54, 1.807) is 26.0 Å². The molecule has 0 aliphatic carbocycles. The number of phenols is 6. The van der Waals surface area contributed by atoms with E-state index in [2.05, 4.69) is 4.99 Å². The molecule has 7 N–H and O–H groups in total. The van der Waals surface area contributed by atoms with Gasteiger partial charge in [-0.1, -0.05) is 39.8 Å². The maximum Gasteiger partial charge on any atom is 0.266 e. The first-order valence-corrected chi connectivity index (χ1v) is 15.0. The molecule has 224 valence electrons. The fourth-order valence-electron chi connectivity index (χ4n) is 5.69. The Morgan fingerprint density at radius 3 is 1.79 bits per heavy atom. The van der Waals surface area contributed by atoms with Gasteiger partial charge < -0.3 is 30.6 Å². The summed E-state index contributed by atoms with van der Waals surface area (Å²) in [6, 6.07) is 4.73.